The Morgan fingerprint density at radius 1 is 1.21 bits per heavy atom. The van der Waals surface area contributed by atoms with E-state index in [-0.39, 0.29) is 36.4 Å². The molecule has 2 amide bonds. The summed E-state index contributed by atoms with van der Waals surface area (Å²) in [6.07, 6.45) is 1.27. The van der Waals surface area contributed by atoms with Crippen LogP contribution in [0.4, 0.5) is 8.78 Å². The second kappa shape index (κ2) is 9.61. The zero-order chi connectivity index (χ0) is 20.8. The maximum absolute atomic E-state index is 13.8. The molecule has 0 aliphatic carbocycles. The molecular formula is C20H26F2N2O4. The van der Waals surface area contributed by atoms with Crippen LogP contribution in [0.15, 0.2) is 18.2 Å². The number of esters is 1. The van der Waals surface area contributed by atoms with Crippen molar-refractivity contribution >= 4 is 17.8 Å². The van der Waals surface area contributed by atoms with Crippen molar-refractivity contribution in [2.45, 2.75) is 39.2 Å². The molecule has 1 fully saturated rings. The third-order valence-electron chi connectivity index (χ3n) is 4.82. The number of halogens is 2. The largest absolute Gasteiger partial charge is 0.467 e. The highest BCUT2D eigenvalue weighted by atomic mass is 19.1. The number of nitrogens with zero attached hydrogens (tertiary/aromatic N) is 1. The molecule has 1 N–H and O–H groups in total. The summed E-state index contributed by atoms with van der Waals surface area (Å²) in [4.78, 5) is 38.3. The van der Waals surface area contributed by atoms with Gasteiger partial charge in [0.25, 0.3) is 5.91 Å². The van der Waals surface area contributed by atoms with Crippen molar-refractivity contribution in [2.24, 2.45) is 11.8 Å². The lowest BCUT2D eigenvalue weighted by atomic mass is 9.94. The standard InChI is InChI=1S/C20H26F2N2O4/c1-12(2)10-17(20(27)28-3)23-18(25)13-6-8-24(9-7-13)19(26)15-5-4-14(21)11-16(15)22/h4-5,11-13,17H,6-10H2,1-3H3,(H,23,25). The first-order valence-corrected chi connectivity index (χ1v) is 9.35. The number of hydrogen-bond donors (Lipinski definition) is 1. The van der Waals surface area contributed by atoms with Crippen LogP contribution in [0.1, 0.15) is 43.5 Å². The molecule has 1 aliphatic rings. The average Bonchev–Trinajstić information content (AvgIpc) is 2.66. The summed E-state index contributed by atoms with van der Waals surface area (Å²) in [5, 5.41) is 2.74. The van der Waals surface area contributed by atoms with E-state index < -0.39 is 29.6 Å². The molecule has 154 valence electrons. The SMILES string of the molecule is COC(=O)C(CC(C)C)NC(=O)C1CCN(C(=O)c2ccc(F)cc2F)CC1. The number of amides is 2. The van der Waals surface area contributed by atoms with Crippen LogP contribution in [0.2, 0.25) is 0 Å². The Bertz CT molecular complexity index is 731. The molecule has 6 nitrogen and oxygen atoms in total. The molecule has 1 aliphatic heterocycles. The van der Waals surface area contributed by atoms with Crippen LogP contribution in [0.3, 0.4) is 0 Å². The van der Waals surface area contributed by atoms with Crippen molar-refractivity contribution in [1.29, 1.82) is 0 Å². The molecule has 28 heavy (non-hydrogen) atoms. The highest BCUT2D eigenvalue weighted by Crippen LogP contribution is 2.21. The normalized spacial score (nSPS) is 16.0. The minimum absolute atomic E-state index is 0.188. The Labute approximate surface area is 163 Å². The van der Waals surface area contributed by atoms with E-state index in [4.69, 9.17) is 4.74 Å². The molecule has 0 saturated carbocycles. The number of benzene rings is 1. The highest BCUT2D eigenvalue weighted by Gasteiger charge is 2.31. The van der Waals surface area contributed by atoms with Gasteiger partial charge in [0.15, 0.2) is 0 Å². The second-order valence-electron chi connectivity index (χ2n) is 7.40. The van der Waals surface area contributed by atoms with E-state index in [9.17, 15) is 23.2 Å². The number of methoxy groups -OCH3 is 1. The first-order valence-electron chi connectivity index (χ1n) is 9.35. The van der Waals surface area contributed by atoms with Crippen LogP contribution >= 0.6 is 0 Å². The van der Waals surface area contributed by atoms with Gasteiger partial charge >= 0.3 is 5.97 Å². The molecule has 0 radical (unpaired) electrons. The monoisotopic (exact) mass is 396 g/mol. The van der Waals surface area contributed by atoms with Gasteiger partial charge < -0.3 is 15.0 Å². The summed E-state index contributed by atoms with van der Waals surface area (Å²) in [6.45, 7) is 4.45. The molecule has 0 spiro atoms. The number of carbonyl (C=O) groups excluding carboxylic acids is 3. The molecule has 0 aromatic heterocycles. The van der Waals surface area contributed by atoms with Gasteiger partial charge in [-0.3, -0.25) is 9.59 Å². The van der Waals surface area contributed by atoms with E-state index in [1.165, 1.54) is 12.0 Å². The lowest BCUT2D eigenvalue weighted by Gasteiger charge is -2.32. The first kappa shape index (κ1) is 21.8. The molecule has 8 heteroatoms. The third kappa shape index (κ3) is 5.50. The van der Waals surface area contributed by atoms with Crippen molar-refractivity contribution in [1.82, 2.24) is 10.2 Å². The smallest absolute Gasteiger partial charge is 0.328 e. The molecule has 1 aromatic rings. The Morgan fingerprint density at radius 2 is 1.86 bits per heavy atom. The van der Waals surface area contributed by atoms with Gasteiger partial charge in [0.1, 0.15) is 17.7 Å². The van der Waals surface area contributed by atoms with Gasteiger partial charge in [0, 0.05) is 25.1 Å². The van der Waals surface area contributed by atoms with Crippen LogP contribution in [-0.4, -0.2) is 48.9 Å². The van der Waals surface area contributed by atoms with E-state index in [0.717, 1.165) is 12.1 Å². The molecule has 1 aromatic carbocycles. The van der Waals surface area contributed by atoms with Crippen LogP contribution < -0.4 is 5.32 Å². The van der Waals surface area contributed by atoms with Crippen LogP contribution in [0.25, 0.3) is 0 Å². The molecule has 0 bridgehead atoms. The summed E-state index contributed by atoms with van der Waals surface area (Å²) in [6, 6.07) is 2.14. The van der Waals surface area contributed by atoms with Crippen LogP contribution in [0, 0.1) is 23.5 Å². The predicted octanol–water partition coefficient (Wildman–Crippen LogP) is 2.52. The van der Waals surface area contributed by atoms with Gasteiger partial charge in [0.05, 0.1) is 12.7 Å². The van der Waals surface area contributed by atoms with E-state index >= 15 is 0 Å². The zero-order valence-corrected chi connectivity index (χ0v) is 16.3. The first-order chi connectivity index (χ1) is 13.2. The van der Waals surface area contributed by atoms with Crippen LogP contribution in [0.5, 0.6) is 0 Å². The fourth-order valence-corrected chi connectivity index (χ4v) is 3.30. The minimum Gasteiger partial charge on any atom is -0.467 e. The molecular weight excluding hydrogens is 370 g/mol. The van der Waals surface area contributed by atoms with Gasteiger partial charge in [-0.25, -0.2) is 13.6 Å². The summed E-state index contributed by atoms with van der Waals surface area (Å²) in [5.41, 5.74) is -0.188. The maximum Gasteiger partial charge on any atom is 0.328 e. The predicted molar refractivity (Wildman–Crippen MR) is 98.4 cm³/mol. The molecule has 1 atom stereocenters. The van der Waals surface area contributed by atoms with E-state index in [2.05, 4.69) is 5.32 Å². The summed E-state index contributed by atoms with van der Waals surface area (Å²) in [7, 11) is 1.28. The Kier molecular flexibility index (Phi) is 7.48. The number of ether oxygens (including phenoxy) is 1. The van der Waals surface area contributed by atoms with Gasteiger partial charge in [-0.15, -0.1) is 0 Å². The topological polar surface area (TPSA) is 75.7 Å². The van der Waals surface area contributed by atoms with Crippen molar-refractivity contribution in [3.8, 4) is 0 Å². The molecule has 2 rings (SSSR count). The lowest BCUT2D eigenvalue weighted by molar-refractivity contribution is -0.146. The lowest BCUT2D eigenvalue weighted by Crippen LogP contribution is -2.48. The molecule has 1 unspecified atom stereocenters. The number of hydrogen-bond acceptors (Lipinski definition) is 4. The Morgan fingerprint density at radius 3 is 2.39 bits per heavy atom. The zero-order valence-electron chi connectivity index (χ0n) is 16.3. The minimum atomic E-state index is -0.903. The number of rotatable bonds is 6. The Hall–Kier alpha value is -2.51. The van der Waals surface area contributed by atoms with Crippen molar-refractivity contribution in [2.75, 3.05) is 20.2 Å². The van der Waals surface area contributed by atoms with Crippen LogP contribution in [-0.2, 0) is 14.3 Å². The highest BCUT2D eigenvalue weighted by molar-refractivity contribution is 5.94. The fraction of sp³-hybridized carbons (Fsp3) is 0.550. The van der Waals surface area contributed by atoms with Gasteiger partial charge in [-0.1, -0.05) is 13.8 Å². The number of likely N-dealkylation sites (tertiary alicyclic amines) is 1. The Balaban J connectivity index is 1.94. The average molecular weight is 396 g/mol. The summed E-state index contributed by atoms with van der Waals surface area (Å²) < 4.78 is 31.6. The summed E-state index contributed by atoms with van der Waals surface area (Å²) in [5.74, 6) is -3.05. The second-order valence-corrected chi connectivity index (χ2v) is 7.40. The van der Waals surface area contributed by atoms with Gasteiger partial charge in [0.2, 0.25) is 5.91 Å². The molecule has 1 heterocycles. The number of nitrogens with one attached hydrogen (secondary N) is 1. The van der Waals surface area contributed by atoms with E-state index in [0.29, 0.717) is 25.3 Å². The quantitative estimate of drug-likeness (QED) is 0.750. The fourth-order valence-electron chi connectivity index (χ4n) is 3.30. The molecule has 1 saturated heterocycles. The third-order valence-corrected chi connectivity index (χ3v) is 4.82. The maximum atomic E-state index is 13.8. The van der Waals surface area contributed by atoms with E-state index in [1.54, 1.807) is 0 Å². The van der Waals surface area contributed by atoms with Crippen molar-refractivity contribution in [3.63, 3.8) is 0 Å². The van der Waals surface area contributed by atoms with Crippen molar-refractivity contribution < 1.29 is 27.9 Å². The number of carbonyl (C=O) groups is 3. The van der Waals surface area contributed by atoms with Gasteiger partial charge in [-0.05, 0) is 37.3 Å². The van der Waals surface area contributed by atoms with Gasteiger partial charge in [-0.2, -0.15) is 0 Å². The number of piperidine rings is 1. The summed E-state index contributed by atoms with van der Waals surface area (Å²) >= 11 is 0. The van der Waals surface area contributed by atoms with Crippen molar-refractivity contribution in [3.05, 3.63) is 35.4 Å². The van der Waals surface area contributed by atoms with E-state index in [1.807, 2.05) is 13.8 Å².